The number of carbonyl (C=O) groups excluding carboxylic acids is 2. The summed E-state index contributed by atoms with van der Waals surface area (Å²) in [6.07, 6.45) is 7.03. The highest BCUT2D eigenvalue weighted by atomic mass is 32.1. The average molecular weight is 442 g/mol. The van der Waals surface area contributed by atoms with Crippen molar-refractivity contribution in [2.75, 3.05) is 17.7 Å². The van der Waals surface area contributed by atoms with Crippen molar-refractivity contribution in [3.8, 4) is 0 Å². The largest absolute Gasteiger partial charge is 0.462 e. The number of nitrogen functional groups attached to an aromatic ring is 1. The molecule has 0 atom stereocenters. The molecule has 8 heteroatoms. The van der Waals surface area contributed by atoms with E-state index in [0.29, 0.717) is 27.7 Å². The third-order valence-electron chi connectivity index (χ3n) is 5.83. The van der Waals surface area contributed by atoms with Crippen LogP contribution in [0.15, 0.2) is 6.07 Å². The summed E-state index contributed by atoms with van der Waals surface area (Å²) in [6, 6.07) is 2.08. The van der Waals surface area contributed by atoms with Gasteiger partial charge in [-0.15, -0.1) is 22.7 Å². The molecule has 0 aliphatic heterocycles. The number of rotatable bonds is 4. The van der Waals surface area contributed by atoms with Crippen molar-refractivity contribution in [3.05, 3.63) is 38.2 Å². The van der Waals surface area contributed by atoms with Crippen LogP contribution in [-0.4, -0.2) is 23.5 Å². The third kappa shape index (κ3) is 3.18. The monoisotopic (exact) mass is 441 g/mol. The van der Waals surface area contributed by atoms with Crippen molar-refractivity contribution in [2.24, 2.45) is 0 Å². The minimum atomic E-state index is -0.366. The molecule has 0 bridgehead atoms. The molecule has 3 heterocycles. The molecule has 0 unspecified atom stereocenters. The van der Waals surface area contributed by atoms with E-state index >= 15 is 0 Å². The van der Waals surface area contributed by atoms with E-state index < -0.39 is 0 Å². The zero-order valence-electron chi connectivity index (χ0n) is 16.8. The lowest BCUT2D eigenvalue weighted by Gasteiger charge is -2.12. The van der Waals surface area contributed by atoms with Crippen LogP contribution in [0.1, 0.15) is 67.9 Å². The van der Waals surface area contributed by atoms with Gasteiger partial charge in [-0.2, -0.15) is 0 Å². The zero-order valence-corrected chi connectivity index (χ0v) is 18.4. The molecule has 0 spiro atoms. The van der Waals surface area contributed by atoms with Gasteiger partial charge in [0.2, 0.25) is 0 Å². The summed E-state index contributed by atoms with van der Waals surface area (Å²) < 4.78 is 5.28. The number of nitrogens with two attached hydrogens (primary N) is 1. The van der Waals surface area contributed by atoms with Gasteiger partial charge >= 0.3 is 5.97 Å². The van der Waals surface area contributed by atoms with E-state index in [1.54, 1.807) is 6.92 Å². The van der Waals surface area contributed by atoms with Crippen LogP contribution in [0.3, 0.4) is 0 Å². The lowest BCUT2D eigenvalue weighted by atomic mass is 9.95. The first-order valence-electron chi connectivity index (χ1n) is 10.4. The fourth-order valence-electron chi connectivity index (χ4n) is 4.40. The van der Waals surface area contributed by atoms with E-state index in [4.69, 9.17) is 15.5 Å². The number of esters is 1. The molecule has 2 aliphatic rings. The fourth-order valence-corrected chi connectivity index (χ4v) is 6.66. The van der Waals surface area contributed by atoms with Crippen LogP contribution in [-0.2, 0) is 30.4 Å². The van der Waals surface area contributed by atoms with Crippen LogP contribution in [0.5, 0.6) is 0 Å². The van der Waals surface area contributed by atoms with Gasteiger partial charge < -0.3 is 15.8 Å². The topological polar surface area (TPSA) is 94.3 Å². The first-order valence-corrected chi connectivity index (χ1v) is 12.0. The summed E-state index contributed by atoms with van der Waals surface area (Å²) in [5.74, 6) is -0.658. The number of ether oxygens (including phenoxy) is 1. The number of hydrogen-bond acceptors (Lipinski definition) is 7. The molecular formula is C22H23N3O3S2. The van der Waals surface area contributed by atoms with Gasteiger partial charge in [-0.3, -0.25) is 4.79 Å². The maximum absolute atomic E-state index is 13.1. The highest BCUT2D eigenvalue weighted by molar-refractivity contribution is 7.21. The molecule has 156 valence electrons. The number of pyridine rings is 1. The molecule has 0 saturated carbocycles. The minimum absolute atomic E-state index is 0.292. The van der Waals surface area contributed by atoms with Crippen LogP contribution in [0.2, 0.25) is 0 Å². The second-order valence-corrected chi connectivity index (χ2v) is 9.84. The molecule has 3 aromatic rings. The molecule has 1 amide bonds. The lowest BCUT2D eigenvalue weighted by molar-refractivity contribution is 0.0526. The summed E-state index contributed by atoms with van der Waals surface area (Å²) in [5, 5.41) is 4.38. The second kappa shape index (κ2) is 7.67. The summed E-state index contributed by atoms with van der Waals surface area (Å²) in [4.78, 5) is 32.9. The number of hydrogen-bond donors (Lipinski definition) is 2. The van der Waals surface area contributed by atoms with Crippen LogP contribution < -0.4 is 11.1 Å². The third-order valence-corrected chi connectivity index (χ3v) is 8.15. The highest BCUT2D eigenvalue weighted by Crippen LogP contribution is 2.40. The summed E-state index contributed by atoms with van der Waals surface area (Å²) in [6.45, 7) is 2.09. The van der Waals surface area contributed by atoms with Gasteiger partial charge in [0.05, 0.1) is 17.9 Å². The Morgan fingerprint density at radius 1 is 1.17 bits per heavy atom. The molecule has 3 aromatic heterocycles. The molecular weight excluding hydrogens is 418 g/mol. The van der Waals surface area contributed by atoms with E-state index in [2.05, 4.69) is 11.4 Å². The Morgan fingerprint density at radius 2 is 2.00 bits per heavy atom. The number of thiophene rings is 2. The molecule has 0 fully saturated rings. The molecule has 3 N–H and O–H groups in total. The van der Waals surface area contributed by atoms with Crippen molar-refractivity contribution in [2.45, 2.75) is 51.9 Å². The Kier molecular flexibility index (Phi) is 4.99. The van der Waals surface area contributed by atoms with Crippen LogP contribution in [0, 0.1) is 0 Å². The van der Waals surface area contributed by atoms with E-state index in [-0.39, 0.29) is 11.9 Å². The van der Waals surface area contributed by atoms with Crippen molar-refractivity contribution >= 4 is 55.5 Å². The van der Waals surface area contributed by atoms with E-state index in [1.165, 1.54) is 33.1 Å². The number of fused-ring (bicyclic) bond motifs is 3. The average Bonchev–Trinajstić information content (AvgIpc) is 3.41. The molecule has 2 aliphatic carbocycles. The Balaban J connectivity index is 1.51. The van der Waals surface area contributed by atoms with Crippen molar-refractivity contribution in [3.63, 3.8) is 0 Å². The quantitative estimate of drug-likeness (QED) is 0.571. The van der Waals surface area contributed by atoms with Crippen LogP contribution in [0.4, 0.5) is 10.7 Å². The fraction of sp³-hybridized carbons (Fsp3) is 0.409. The van der Waals surface area contributed by atoms with Crippen LogP contribution >= 0.6 is 22.7 Å². The Bertz CT molecular complexity index is 1180. The van der Waals surface area contributed by atoms with Gasteiger partial charge in [0.1, 0.15) is 14.7 Å². The number of aromatic nitrogens is 1. The maximum atomic E-state index is 13.1. The van der Waals surface area contributed by atoms with Crippen molar-refractivity contribution in [1.82, 2.24) is 4.98 Å². The van der Waals surface area contributed by atoms with E-state index in [9.17, 15) is 9.59 Å². The number of aryl methyl sites for hydroxylation is 3. The molecule has 0 saturated heterocycles. The summed E-state index contributed by atoms with van der Waals surface area (Å²) >= 11 is 2.80. The van der Waals surface area contributed by atoms with E-state index in [1.807, 2.05) is 0 Å². The molecule has 0 radical (unpaired) electrons. The smallest absolute Gasteiger partial charge is 0.341 e. The first-order chi connectivity index (χ1) is 14.6. The lowest BCUT2D eigenvalue weighted by Crippen LogP contribution is -2.15. The molecule has 30 heavy (non-hydrogen) atoms. The van der Waals surface area contributed by atoms with Gasteiger partial charge in [-0.05, 0) is 69.1 Å². The van der Waals surface area contributed by atoms with Crippen LogP contribution in [0.25, 0.3) is 10.2 Å². The molecule has 5 rings (SSSR count). The van der Waals surface area contributed by atoms with Gasteiger partial charge in [0, 0.05) is 16.0 Å². The number of amides is 1. The summed E-state index contributed by atoms with van der Waals surface area (Å²) in [5.41, 5.74) is 10.7. The Labute approximate surface area is 182 Å². The van der Waals surface area contributed by atoms with Gasteiger partial charge in [-0.25, -0.2) is 9.78 Å². The predicted molar refractivity (Wildman–Crippen MR) is 121 cm³/mol. The Morgan fingerprint density at radius 3 is 2.83 bits per heavy atom. The predicted octanol–water partition coefficient (Wildman–Crippen LogP) is 4.74. The molecule has 6 nitrogen and oxygen atoms in total. The maximum Gasteiger partial charge on any atom is 0.341 e. The normalized spacial score (nSPS) is 15.1. The van der Waals surface area contributed by atoms with E-state index in [0.717, 1.165) is 66.4 Å². The highest BCUT2D eigenvalue weighted by Gasteiger charge is 2.28. The minimum Gasteiger partial charge on any atom is -0.462 e. The number of carbonyl (C=O) groups is 2. The number of nitrogens with zero attached hydrogens (tertiary/aromatic N) is 1. The number of anilines is 2. The standard InChI is InChI=1S/C22H23N3O3S2/c1-2-28-22(27)16-12-7-3-4-9-15(12)29-21(16)25-19(26)18-17(23)13-10-11-6-5-8-14(11)24-20(13)30-18/h10H,2-9,23H2,1H3,(H,25,26). The first kappa shape index (κ1) is 19.5. The van der Waals surface area contributed by atoms with Crippen molar-refractivity contribution < 1.29 is 14.3 Å². The van der Waals surface area contributed by atoms with Gasteiger partial charge in [0.25, 0.3) is 5.91 Å². The second-order valence-electron chi connectivity index (χ2n) is 7.73. The summed E-state index contributed by atoms with van der Waals surface area (Å²) in [7, 11) is 0. The Hall–Kier alpha value is -2.45. The zero-order chi connectivity index (χ0) is 20.8. The van der Waals surface area contributed by atoms with Gasteiger partial charge in [-0.1, -0.05) is 0 Å². The SMILES string of the molecule is CCOC(=O)c1c(NC(=O)c2sc3nc4c(cc3c2N)CCC4)sc2c1CCCC2. The van der Waals surface area contributed by atoms with Crippen molar-refractivity contribution in [1.29, 1.82) is 0 Å². The van der Waals surface area contributed by atoms with Gasteiger partial charge in [0.15, 0.2) is 0 Å². The molecule has 0 aromatic carbocycles. The number of nitrogens with one attached hydrogen (secondary N) is 1.